The number of aromatic nitrogens is 1. The third-order valence-electron chi connectivity index (χ3n) is 4.43. The quantitative estimate of drug-likeness (QED) is 0.554. The molecule has 3 rings (SSSR count). The van der Waals surface area contributed by atoms with Crippen LogP contribution in [0.5, 0.6) is 5.75 Å². The maximum atomic E-state index is 12.4. The van der Waals surface area contributed by atoms with E-state index in [9.17, 15) is 4.79 Å². The molecule has 0 radical (unpaired) electrons. The lowest BCUT2D eigenvalue weighted by molar-refractivity contribution is 0.0951. The molecule has 1 aromatic heterocycles. The van der Waals surface area contributed by atoms with Crippen molar-refractivity contribution in [3.05, 3.63) is 89.6 Å². The number of anilines is 1. The van der Waals surface area contributed by atoms with Crippen molar-refractivity contribution in [1.82, 2.24) is 10.3 Å². The summed E-state index contributed by atoms with van der Waals surface area (Å²) in [5.41, 5.74) is 2.93. The van der Waals surface area contributed by atoms with Gasteiger partial charge in [-0.25, -0.2) is 4.98 Å². The molecule has 0 aliphatic heterocycles. The summed E-state index contributed by atoms with van der Waals surface area (Å²) in [6, 6.07) is 21.5. The summed E-state index contributed by atoms with van der Waals surface area (Å²) in [5, 5.41) is 6.23. The van der Waals surface area contributed by atoms with Gasteiger partial charge in [0.25, 0.3) is 5.91 Å². The van der Waals surface area contributed by atoms with E-state index in [-0.39, 0.29) is 5.91 Å². The Morgan fingerprint density at radius 2 is 1.79 bits per heavy atom. The fraction of sp³-hybridized carbons (Fsp3) is 0.217. The molecule has 0 saturated heterocycles. The summed E-state index contributed by atoms with van der Waals surface area (Å²) in [5.74, 6) is 1.39. The second-order valence-corrected chi connectivity index (χ2v) is 6.48. The first-order chi connectivity index (χ1) is 13.7. The van der Waals surface area contributed by atoms with Gasteiger partial charge in [-0.2, -0.15) is 0 Å². The van der Waals surface area contributed by atoms with Crippen LogP contribution in [0.4, 0.5) is 5.82 Å². The maximum absolute atomic E-state index is 12.4. The van der Waals surface area contributed by atoms with E-state index < -0.39 is 0 Å². The van der Waals surface area contributed by atoms with Gasteiger partial charge in [-0.3, -0.25) is 4.79 Å². The van der Waals surface area contributed by atoms with Gasteiger partial charge in [-0.15, -0.1) is 0 Å². The molecule has 0 spiro atoms. The summed E-state index contributed by atoms with van der Waals surface area (Å²) >= 11 is 0. The van der Waals surface area contributed by atoms with Gasteiger partial charge in [0, 0.05) is 24.8 Å². The van der Waals surface area contributed by atoms with E-state index in [0.717, 1.165) is 30.7 Å². The number of aryl methyl sites for hydroxylation is 1. The zero-order chi connectivity index (χ0) is 19.6. The molecular weight excluding hydrogens is 350 g/mol. The molecule has 5 nitrogen and oxygen atoms in total. The fourth-order valence-corrected chi connectivity index (χ4v) is 2.85. The number of rotatable bonds is 9. The number of hydrogen-bond donors (Lipinski definition) is 2. The Morgan fingerprint density at radius 1 is 1.00 bits per heavy atom. The van der Waals surface area contributed by atoms with Gasteiger partial charge >= 0.3 is 0 Å². The number of hydrogen-bond acceptors (Lipinski definition) is 4. The van der Waals surface area contributed by atoms with E-state index in [2.05, 4.69) is 39.9 Å². The second kappa shape index (κ2) is 10.1. The van der Waals surface area contributed by atoms with Crippen molar-refractivity contribution in [2.24, 2.45) is 0 Å². The molecule has 3 aromatic rings. The zero-order valence-corrected chi connectivity index (χ0v) is 16.0. The molecule has 2 aromatic carbocycles. The standard InChI is InChI=1S/C23H25N3O2/c1-28-21-11-9-19(10-12-21)17-26-23(27)20-13-15-25-22(16-20)24-14-5-8-18-6-3-2-4-7-18/h2-4,6-7,9-13,15-16H,5,8,14,17H2,1H3,(H,24,25)(H,26,27). The Balaban J connectivity index is 1.46. The number of nitrogens with zero attached hydrogens (tertiary/aromatic N) is 1. The van der Waals surface area contributed by atoms with Crippen LogP contribution in [0.1, 0.15) is 27.9 Å². The van der Waals surface area contributed by atoms with Crippen molar-refractivity contribution in [2.75, 3.05) is 19.0 Å². The highest BCUT2D eigenvalue weighted by molar-refractivity contribution is 5.94. The van der Waals surface area contributed by atoms with E-state index in [1.165, 1.54) is 5.56 Å². The van der Waals surface area contributed by atoms with Gasteiger partial charge in [0.15, 0.2) is 0 Å². The molecule has 1 amide bonds. The van der Waals surface area contributed by atoms with Crippen molar-refractivity contribution < 1.29 is 9.53 Å². The number of ether oxygens (including phenoxy) is 1. The SMILES string of the molecule is COc1ccc(CNC(=O)c2ccnc(NCCCc3ccccc3)c2)cc1. The first-order valence-electron chi connectivity index (χ1n) is 9.39. The fourth-order valence-electron chi connectivity index (χ4n) is 2.85. The predicted octanol–water partition coefficient (Wildman–Crippen LogP) is 4.06. The van der Waals surface area contributed by atoms with Crippen molar-refractivity contribution in [3.8, 4) is 5.75 Å². The highest BCUT2D eigenvalue weighted by atomic mass is 16.5. The lowest BCUT2D eigenvalue weighted by Gasteiger charge is -2.09. The molecule has 28 heavy (non-hydrogen) atoms. The van der Waals surface area contributed by atoms with Crippen LogP contribution in [-0.4, -0.2) is 24.5 Å². The summed E-state index contributed by atoms with van der Waals surface area (Å²) in [6.45, 7) is 1.27. The van der Waals surface area contributed by atoms with Gasteiger partial charge in [-0.1, -0.05) is 42.5 Å². The smallest absolute Gasteiger partial charge is 0.251 e. The molecule has 1 heterocycles. The molecule has 0 saturated carbocycles. The molecule has 0 bridgehead atoms. The summed E-state index contributed by atoms with van der Waals surface area (Å²) in [7, 11) is 1.63. The summed E-state index contributed by atoms with van der Waals surface area (Å²) < 4.78 is 5.14. The Labute approximate surface area is 165 Å². The molecule has 5 heteroatoms. The number of nitrogens with one attached hydrogen (secondary N) is 2. The van der Waals surface area contributed by atoms with Crippen LogP contribution in [0.3, 0.4) is 0 Å². The van der Waals surface area contributed by atoms with Crippen LogP contribution in [0.25, 0.3) is 0 Å². The predicted molar refractivity (Wildman–Crippen MR) is 112 cm³/mol. The number of carbonyl (C=O) groups is 1. The normalized spacial score (nSPS) is 10.3. The van der Waals surface area contributed by atoms with Gasteiger partial charge in [0.05, 0.1) is 7.11 Å². The third-order valence-corrected chi connectivity index (χ3v) is 4.43. The maximum Gasteiger partial charge on any atom is 0.251 e. The minimum Gasteiger partial charge on any atom is -0.497 e. The van der Waals surface area contributed by atoms with E-state index in [4.69, 9.17) is 4.74 Å². The van der Waals surface area contributed by atoms with Crippen molar-refractivity contribution >= 4 is 11.7 Å². The van der Waals surface area contributed by atoms with Crippen molar-refractivity contribution in [2.45, 2.75) is 19.4 Å². The topological polar surface area (TPSA) is 63.2 Å². The molecule has 0 aliphatic carbocycles. The van der Waals surface area contributed by atoms with E-state index in [1.807, 2.05) is 30.3 Å². The van der Waals surface area contributed by atoms with Crippen LogP contribution in [0.2, 0.25) is 0 Å². The Morgan fingerprint density at radius 3 is 2.54 bits per heavy atom. The van der Waals surface area contributed by atoms with Crippen molar-refractivity contribution in [3.63, 3.8) is 0 Å². The average molecular weight is 375 g/mol. The van der Waals surface area contributed by atoms with Crippen LogP contribution >= 0.6 is 0 Å². The van der Waals surface area contributed by atoms with Crippen molar-refractivity contribution in [1.29, 1.82) is 0 Å². The van der Waals surface area contributed by atoms with E-state index in [0.29, 0.717) is 17.9 Å². The molecule has 0 aliphatic rings. The molecule has 0 unspecified atom stereocenters. The molecule has 144 valence electrons. The third kappa shape index (κ3) is 5.84. The lowest BCUT2D eigenvalue weighted by atomic mass is 10.1. The highest BCUT2D eigenvalue weighted by Gasteiger charge is 2.07. The van der Waals surface area contributed by atoms with Crippen LogP contribution in [0.15, 0.2) is 72.9 Å². The monoisotopic (exact) mass is 375 g/mol. The second-order valence-electron chi connectivity index (χ2n) is 6.48. The number of methoxy groups -OCH3 is 1. The largest absolute Gasteiger partial charge is 0.497 e. The summed E-state index contributed by atoms with van der Waals surface area (Å²) in [4.78, 5) is 16.7. The molecular formula is C23H25N3O2. The number of benzene rings is 2. The Kier molecular flexibility index (Phi) is 7.01. The van der Waals surface area contributed by atoms with Gasteiger partial charge < -0.3 is 15.4 Å². The highest BCUT2D eigenvalue weighted by Crippen LogP contribution is 2.12. The minimum atomic E-state index is -0.120. The molecule has 0 atom stereocenters. The minimum absolute atomic E-state index is 0.120. The van der Waals surface area contributed by atoms with E-state index >= 15 is 0 Å². The number of amides is 1. The van der Waals surface area contributed by atoms with Crippen LogP contribution in [-0.2, 0) is 13.0 Å². The van der Waals surface area contributed by atoms with E-state index in [1.54, 1.807) is 25.4 Å². The average Bonchev–Trinajstić information content (AvgIpc) is 2.76. The lowest BCUT2D eigenvalue weighted by Crippen LogP contribution is -2.23. The van der Waals surface area contributed by atoms with Gasteiger partial charge in [0.1, 0.15) is 11.6 Å². The number of pyridine rings is 1. The number of carbonyl (C=O) groups excluding carboxylic acids is 1. The van der Waals surface area contributed by atoms with Crippen LogP contribution in [0, 0.1) is 0 Å². The zero-order valence-electron chi connectivity index (χ0n) is 16.0. The van der Waals surface area contributed by atoms with Crippen LogP contribution < -0.4 is 15.4 Å². The Bertz CT molecular complexity index is 880. The molecule has 2 N–H and O–H groups in total. The first-order valence-corrected chi connectivity index (χ1v) is 9.39. The van der Waals surface area contributed by atoms with Gasteiger partial charge in [0.2, 0.25) is 0 Å². The Hall–Kier alpha value is -3.34. The van der Waals surface area contributed by atoms with Gasteiger partial charge in [-0.05, 0) is 48.2 Å². The molecule has 0 fully saturated rings. The summed E-state index contributed by atoms with van der Waals surface area (Å²) in [6.07, 6.45) is 3.66. The first kappa shape index (κ1) is 19.4.